The van der Waals surface area contributed by atoms with Crippen LogP contribution in [-0.2, 0) is 10.2 Å². The molecule has 0 unspecified atom stereocenters. The molecule has 1 aliphatic rings. The highest BCUT2D eigenvalue weighted by Crippen LogP contribution is 2.37. The number of aromatic nitrogens is 2. The van der Waals surface area contributed by atoms with Gasteiger partial charge in [-0.05, 0) is 25.0 Å². The molecule has 0 atom stereocenters. The first kappa shape index (κ1) is 20.0. The minimum absolute atomic E-state index is 0.0112. The van der Waals surface area contributed by atoms with Crippen LogP contribution in [0, 0.1) is 11.7 Å². The molecule has 1 fully saturated rings. The lowest BCUT2D eigenvalue weighted by molar-refractivity contribution is -0.125. The molecule has 1 amide bonds. The third kappa shape index (κ3) is 4.73. The number of hydrogen-bond acceptors (Lipinski definition) is 6. The number of hydrogen-bond donors (Lipinski definition) is 1. The molecule has 28 heavy (non-hydrogen) atoms. The van der Waals surface area contributed by atoms with Crippen molar-refractivity contribution in [3.63, 3.8) is 0 Å². The van der Waals surface area contributed by atoms with Gasteiger partial charge in [-0.3, -0.25) is 10.1 Å². The lowest BCUT2D eigenvalue weighted by Crippen LogP contribution is -2.41. The highest BCUT2D eigenvalue weighted by Gasteiger charge is 2.37. The Balaban J connectivity index is 1.54. The van der Waals surface area contributed by atoms with E-state index in [1.165, 1.54) is 0 Å². The van der Waals surface area contributed by atoms with Crippen LogP contribution in [-0.4, -0.2) is 28.8 Å². The number of benzene rings is 1. The fraction of sp³-hybridized carbons (Fsp3) is 0.500. The number of ether oxygens (including phenoxy) is 2. The van der Waals surface area contributed by atoms with Gasteiger partial charge in [0.25, 0.3) is 0 Å². The molecule has 0 aliphatic heterocycles. The molecule has 1 heterocycles. The molecule has 7 nitrogen and oxygen atoms in total. The molecule has 1 aliphatic carbocycles. The van der Waals surface area contributed by atoms with Crippen molar-refractivity contribution < 1.29 is 31.9 Å². The second kappa shape index (κ2) is 7.69. The van der Waals surface area contributed by atoms with Crippen molar-refractivity contribution in [2.75, 3.05) is 5.32 Å². The van der Waals surface area contributed by atoms with E-state index in [2.05, 4.69) is 20.3 Å². The zero-order chi connectivity index (χ0) is 20.5. The Bertz CT molecular complexity index is 845. The van der Waals surface area contributed by atoms with E-state index in [9.17, 15) is 18.0 Å². The molecule has 10 heteroatoms. The van der Waals surface area contributed by atoms with Gasteiger partial charge in [0.1, 0.15) is 11.9 Å². The summed E-state index contributed by atoms with van der Waals surface area (Å²) in [5.41, 5.74) is -0.339. The van der Waals surface area contributed by atoms with Gasteiger partial charge in [0.2, 0.25) is 11.8 Å². The topological polar surface area (TPSA) is 86.5 Å². The molecule has 1 aromatic carbocycles. The number of halogens is 3. The summed E-state index contributed by atoms with van der Waals surface area (Å²) in [6.45, 7) is 2.65. The molecule has 0 bridgehead atoms. The monoisotopic (exact) mass is 399 g/mol. The van der Waals surface area contributed by atoms with Crippen molar-refractivity contribution in [3.05, 3.63) is 29.9 Å². The van der Waals surface area contributed by atoms with Crippen LogP contribution in [0.15, 0.2) is 22.6 Å². The van der Waals surface area contributed by atoms with Gasteiger partial charge in [-0.15, -0.1) is 5.10 Å². The average Bonchev–Trinajstić information content (AvgIpc) is 3.01. The highest BCUT2D eigenvalue weighted by molar-refractivity contribution is 5.91. The van der Waals surface area contributed by atoms with Gasteiger partial charge < -0.3 is 13.9 Å². The molecule has 3 rings (SSSR count). The van der Waals surface area contributed by atoms with Gasteiger partial charge >= 0.3 is 12.6 Å². The molecular formula is C18H20F3N3O4. The molecular weight excluding hydrogens is 379 g/mol. The largest absolute Gasteiger partial charge is 0.486 e. The van der Waals surface area contributed by atoms with Gasteiger partial charge in [-0.2, -0.15) is 8.78 Å². The lowest BCUT2D eigenvalue weighted by atomic mass is 9.81. The zero-order valence-corrected chi connectivity index (χ0v) is 15.5. The molecule has 152 valence electrons. The van der Waals surface area contributed by atoms with E-state index in [-0.39, 0.29) is 34.8 Å². The van der Waals surface area contributed by atoms with Crippen molar-refractivity contribution in [1.82, 2.24) is 10.2 Å². The van der Waals surface area contributed by atoms with E-state index < -0.39 is 18.5 Å². The molecule has 0 saturated heterocycles. The number of alkyl halides is 2. The summed E-state index contributed by atoms with van der Waals surface area (Å²) < 4.78 is 53.5. The fourth-order valence-corrected chi connectivity index (χ4v) is 2.61. The maximum Gasteiger partial charge on any atom is 0.387 e. The minimum Gasteiger partial charge on any atom is -0.486 e. The SMILES string of the molecule is CC(C)(C)c1nnc(NC(=O)[C@H]2C[C@H](Oc3cc(F)ccc3OC(F)F)C2)o1. The van der Waals surface area contributed by atoms with E-state index >= 15 is 0 Å². The predicted octanol–water partition coefficient (Wildman–Crippen LogP) is 3.90. The number of nitrogens with zero attached hydrogens (tertiary/aromatic N) is 2. The first-order valence-corrected chi connectivity index (χ1v) is 8.67. The van der Waals surface area contributed by atoms with Crippen LogP contribution in [0.4, 0.5) is 19.2 Å². The number of amides is 1. The number of carbonyl (C=O) groups is 1. The first-order chi connectivity index (χ1) is 13.1. The van der Waals surface area contributed by atoms with E-state index in [0.29, 0.717) is 18.7 Å². The Morgan fingerprint density at radius 2 is 1.96 bits per heavy atom. The van der Waals surface area contributed by atoms with E-state index in [4.69, 9.17) is 9.15 Å². The summed E-state index contributed by atoms with van der Waals surface area (Å²) in [6, 6.07) is 3.05. The number of rotatable bonds is 6. The van der Waals surface area contributed by atoms with Gasteiger partial charge in [0.05, 0.1) is 0 Å². The Kier molecular flexibility index (Phi) is 5.48. The molecule has 1 saturated carbocycles. The summed E-state index contributed by atoms with van der Waals surface area (Å²) >= 11 is 0. The van der Waals surface area contributed by atoms with E-state index in [0.717, 1.165) is 18.2 Å². The maximum absolute atomic E-state index is 13.4. The van der Waals surface area contributed by atoms with Gasteiger partial charge in [0.15, 0.2) is 11.5 Å². The smallest absolute Gasteiger partial charge is 0.387 e. The molecule has 2 aromatic rings. The first-order valence-electron chi connectivity index (χ1n) is 8.67. The van der Waals surface area contributed by atoms with Crippen molar-refractivity contribution in [1.29, 1.82) is 0 Å². The van der Waals surface area contributed by atoms with Crippen LogP contribution in [0.1, 0.15) is 39.5 Å². The Labute approximate surface area is 159 Å². The standard InChI is InChI=1S/C18H20F3N3O4/c1-18(2,3)15-23-24-17(28-15)22-14(25)9-6-11(7-9)26-13-8-10(19)4-5-12(13)27-16(20)21/h4-5,8-9,11,16H,6-7H2,1-3H3,(H,22,24,25)/t9-,11-. The summed E-state index contributed by atoms with van der Waals surface area (Å²) in [4.78, 5) is 12.2. The van der Waals surface area contributed by atoms with Crippen LogP contribution in [0.3, 0.4) is 0 Å². The molecule has 1 N–H and O–H groups in total. The van der Waals surface area contributed by atoms with Crippen LogP contribution >= 0.6 is 0 Å². The number of carbonyl (C=O) groups excluding carboxylic acids is 1. The predicted molar refractivity (Wildman–Crippen MR) is 91.8 cm³/mol. The third-order valence-electron chi connectivity index (χ3n) is 4.18. The van der Waals surface area contributed by atoms with Crippen LogP contribution in [0.5, 0.6) is 11.5 Å². The maximum atomic E-state index is 13.4. The van der Waals surface area contributed by atoms with E-state index in [1.54, 1.807) is 0 Å². The molecule has 0 spiro atoms. The van der Waals surface area contributed by atoms with Gasteiger partial charge in [0, 0.05) is 17.4 Å². The molecule has 1 aromatic heterocycles. The Morgan fingerprint density at radius 1 is 1.25 bits per heavy atom. The summed E-state index contributed by atoms with van der Waals surface area (Å²) in [6.07, 6.45) is 0.235. The number of nitrogens with one attached hydrogen (secondary N) is 1. The van der Waals surface area contributed by atoms with Gasteiger partial charge in [-0.25, -0.2) is 4.39 Å². The Hall–Kier alpha value is -2.78. The third-order valence-corrected chi connectivity index (χ3v) is 4.18. The Morgan fingerprint density at radius 3 is 2.57 bits per heavy atom. The molecule has 0 radical (unpaired) electrons. The van der Waals surface area contributed by atoms with Crippen molar-refractivity contribution >= 4 is 11.9 Å². The highest BCUT2D eigenvalue weighted by atomic mass is 19.3. The summed E-state index contributed by atoms with van der Waals surface area (Å²) in [5, 5.41) is 10.2. The lowest BCUT2D eigenvalue weighted by Gasteiger charge is -2.34. The second-order valence-corrected chi connectivity index (χ2v) is 7.53. The zero-order valence-electron chi connectivity index (χ0n) is 15.5. The number of anilines is 1. The second-order valence-electron chi connectivity index (χ2n) is 7.53. The summed E-state index contributed by atoms with van der Waals surface area (Å²) in [5.74, 6) is -1.32. The van der Waals surface area contributed by atoms with Gasteiger partial charge in [-0.1, -0.05) is 25.9 Å². The van der Waals surface area contributed by atoms with E-state index in [1.807, 2.05) is 20.8 Å². The normalized spacial score (nSPS) is 19.2. The van der Waals surface area contributed by atoms with Crippen molar-refractivity contribution in [2.24, 2.45) is 5.92 Å². The van der Waals surface area contributed by atoms with Crippen LogP contribution < -0.4 is 14.8 Å². The fourth-order valence-electron chi connectivity index (χ4n) is 2.61. The van der Waals surface area contributed by atoms with Crippen molar-refractivity contribution in [2.45, 2.75) is 51.7 Å². The van der Waals surface area contributed by atoms with Crippen molar-refractivity contribution in [3.8, 4) is 11.5 Å². The average molecular weight is 399 g/mol. The van der Waals surface area contributed by atoms with Crippen LogP contribution in [0.2, 0.25) is 0 Å². The summed E-state index contributed by atoms with van der Waals surface area (Å²) in [7, 11) is 0. The minimum atomic E-state index is -3.06. The van der Waals surface area contributed by atoms with Crippen LogP contribution in [0.25, 0.3) is 0 Å². The quantitative estimate of drug-likeness (QED) is 0.793.